The van der Waals surface area contributed by atoms with Crippen LogP contribution in [0.15, 0.2) is 12.1 Å². The molecule has 3 N–H and O–H groups in total. The van der Waals surface area contributed by atoms with Gasteiger partial charge in [-0.1, -0.05) is 13.8 Å². The second-order valence-electron chi connectivity index (χ2n) is 6.00. The lowest BCUT2D eigenvalue weighted by Crippen LogP contribution is -2.37. The van der Waals surface area contributed by atoms with Gasteiger partial charge in [-0.2, -0.15) is 0 Å². The van der Waals surface area contributed by atoms with E-state index in [9.17, 15) is 9.59 Å². The summed E-state index contributed by atoms with van der Waals surface area (Å²) in [4.78, 5) is 25.5. The number of carboxylic acid groups (broad SMARTS) is 1. The summed E-state index contributed by atoms with van der Waals surface area (Å²) in [6, 6.07) is 2.80. The summed E-state index contributed by atoms with van der Waals surface area (Å²) in [5, 5.41) is 11.7. The summed E-state index contributed by atoms with van der Waals surface area (Å²) in [5.41, 5.74) is 0.160. The van der Waals surface area contributed by atoms with Gasteiger partial charge in [0.05, 0.1) is 6.04 Å². The zero-order valence-corrected chi connectivity index (χ0v) is 12.5. The molecule has 0 radical (unpaired) electrons. The van der Waals surface area contributed by atoms with E-state index >= 15 is 0 Å². The molecule has 0 aliphatic carbocycles. The van der Waals surface area contributed by atoms with Crippen LogP contribution in [0.4, 0.5) is 4.79 Å². The van der Waals surface area contributed by atoms with Gasteiger partial charge >= 0.3 is 12.1 Å². The molecule has 6 heteroatoms. The molecule has 1 amide bonds. The fraction of sp³-hybridized carbons (Fsp3) is 0.571. The molecule has 0 spiro atoms. The largest absolute Gasteiger partial charge is 0.477 e. The molecule has 0 bridgehead atoms. The summed E-state index contributed by atoms with van der Waals surface area (Å²) >= 11 is 0. The first-order chi connectivity index (χ1) is 9.10. The predicted molar refractivity (Wildman–Crippen MR) is 74.7 cm³/mol. The zero-order valence-electron chi connectivity index (χ0n) is 12.5. The van der Waals surface area contributed by atoms with E-state index in [-0.39, 0.29) is 17.7 Å². The second kappa shape index (κ2) is 5.98. The molecular weight excluding hydrogens is 260 g/mol. The van der Waals surface area contributed by atoms with Crippen molar-refractivity contribution in [2.24, 2.45) is 5.92 Å². The second-order valence-corrected chi connectivity index (χ2v) is 6.00. The van der Waals surface area contributed by atoms with Gasteiger partial charge < -0.3 is 20.1 Å². The molecule has 112 valence electrons. The Labute approximate surface area is 118 Å². The van der Waals surface area contributed by atoms with Crippen molar-refractivity contribution in [1.82, 2.24) is 10.3 Å². The third-order valence-corrected chi connectivity index (χ3v) is 2.61. The van der Waals surface area contributed by atoms with E-state index in [0.29, 0.717) is 5.69 Å². The van der Waals surface area contributed by atoms with Crippen molar-refractivity contribution < 1.29 is 19.4 Å². The van der Waals surface area contributed by atoms with Crippen molar-refractivity contribution in [1.29, 1.82) is 0 Å². The normalized spacial score (nSPS) is 13.1. The standard InChI is InChI=1S/C14H22N2O4/c1-8(2)11(16-13(19)20-14(3,4)5)9-6-7-10(15-9)12(17)18/h6-8,11,15H,1-5H3,(H,16,19)(H,17,18). The van der Waals surface area contributed by atoms with Crippen LogP contribution in [0.25, 0.3) is 0 Å². The number of hydrogen-bond donors (Lipinski definition) is 3. The van der Waals surface area contributed by atoms with Crippen LogP contribution in [0.5, 0.6) is 0 Å². The van der Waals surface area contributed by atoms with Crippen molar-refractivity contribution >= 4 is 12.1 Å². The maximum absolute atomic E-state index is 11.8. The van der Waals surface area contributed by atoms with E-state index in [1.807, 2.05) is 13.8 Å². The van der Waals surface area contributed by atoms with Gasteiger partial charge in [-0.15, -0.1) is 0 Å². The number of carboxylic acids is 1. The van der Waals surface area contributed by atoms with Crippen LogP contribution in [0.2, 0.25) is 0 Å². The van der Waals surface area contributed by atoms with Crippen molar-refractivity contribution in [3.63, 3.8) is 0 Å². The molecule has 1 aromatic rings. The van der Waals surface area contributed by atoms with E-state index in [2.05, 4.69) is 10.3 Å². The smallest absolute Gasteiger partial charge is 0.408 e. The average molecular weight is 282 g/mol. The lowest BCUT2D eigenvalue weighted by molar-refractivity contribution is 0.0488. The molecule has 0 saturated carbocycles. The van der Waals surface area contributed by atoms with Crippen molar-refractivity contribution in [3.8, 4) is 0 Å². The topological polar surface area (TPSA) is 91.4 Å². The first-order valence-electron chi connectivity index (χ1n) is 6.52. The third kappa shape index (κ3) is 4.60. The Morgan fingerprint density at radius 2 is 1.90 bits per heavy atom. The van der Waals surface area contributed by atoms with Crippen molar-refractivity contribution in [2.75, 3.05) is 0 Å². The monoisotopic (exact) mass is 282 g/mol. The van der Waals surface area contributed by atoms with Crippen LogP contribution >= 0.6 is 0 Å². The number of hydrogen-bond acceptors (Lipinski definition) is 3. The summed E-state index contributed by atoms with van der Waals surface area (Å²) in [7, 11) is 0. The minimum Gasteiger partial charge on any atom is -0.477 e. The molecular formula is C14H22N2O4. The van der Waals surface area contributed by atoms with Gasteiger partial charge in [-0.25, -0.2) is 9.59 Å². The van der Waals surface area contributed by atoms with Crippen LogP contribution in [0.1, 0.15) is 56.8 Å². The SMILES string of the molecule is CC(C)C(NC(=O)OC(C)(C)C)c1ccc(C(=O)O)[nH]1. The Kier molecular flexibility index (Phi) is 4.81. The Hall–Kier alpha value is -1.98. The van der Waals surface area contributed by atoms with E-state index in [1.165, 1.54) is 6.07 Å². The van der Waals surface area contributed by atoms with Gasteiger partial charge in [0.25, 0.3) is 0 Å². The molecule has 1 atom stereocenters. The van der Waals surface area contributed by atoms with Gasteiger partial charge in [-0.3, -0.25) is 0 Å². The van der Waals surface area contributed by atoms with E-state index in [0.717, 1.165) is 0 Å². The van der Waals surface area contributed by atoms with Crippen LogP contribution in [0, 0.1) is 5.92 Å². The fourth-order valence-corrected chi connectivity index (χ4v) is 1.76. The first-order valence-corrected chi connectivity index (χ1v) is 6.52. The van der Waals surface area contributed by atoms with Crippen LogP contribution in [-0.4, -0.2) is 27.8 Å². The molecule has 0 aliphatic rings. The van der Waals surface area contributed by atoms with Gasteiger partial charge in [0.15, 0.2) is 0 Å². The minimum atomic E-state index is -1.03. The number of aromatic nitrogens is 1. The number of aromatic amines is 1. The highest BCUT2D eigenvalue weighted by Gasteiger charge is 2.24. The van der Waals surface area contributed by atoms with Gasteiger partial charge in [0, 0.05) is 5.69 Å². The molecule has 1 aromatic heterocycles. The number of ether oxygens (including phenoxy) is 1. The Balaban J connectivity index is 2.84. The molecule has 1 unspecified atom stereocenters. The third-order valence-electron chi connectivity index (χ3n) is 2.61. The van der Waals surface area contributed by atoms with Crippen LogP contribution in [-0.2, 0) is 4.74 Å². The van der Waals surface area contributed by atoms with Gasteiger partial charge in [0.2, 0.25) is 0 Å². The molecule has 1 rings (SSSR count). The summed E-state index contributed by atoms with van der Waals surface area (Å²) in [5.74, 6) is -0.946. The summed E-state index contributed by atoms with van der Waals surface area (Å²) < 4.78 is 5.21. The van der Waals surface area contributed by atoms with Crippen molar-refractivity contribution in [2.45, 2.75) is 46.3 Å². The minimum absolute atomic E-state index is 0.0859. The molecule has 0 saturated heterocycles. The van der Waals surface area contributed by atoms with E-state index < -0.39 is 17.7 Å². The number of carbonyl (C=O) groups is 2. The van der Waals surface area contributed by atoms with Gasteiger partial charge in [-0.05, 0) is 38.8 Å². The van der Waals surface area contributed by atoms with Crippen LogP contribution < -0.4 is 5.32 Å². The number of amides is 1. The van der Waals surface area contributed by atoms with Crippen molar-refractivity contribution in [3.05, 3.63) is 23.5 Å². The fourth-order valence-electron chi connectivity index (χ4n) is 1.76. The maximum atomic E-state index is 11.8. The molecule has 0 fully saturated rings. The molecule has 20 heavy (non-hydrogen) atoms. The lowest BCUT2D eigenvalue weighted by Gasteiger charge is -2.25. The predicted octanol–water partition coefficient (Wildman–Crippen LogP) is 2.93. The number of alkyl carbamates (subject to hydrolysis) is 1. The molecule has 0 aliphatic heterocycles. The molecule has 0 aromatic carbocycles. The highest BCUT2D eigenvalue weighted by molar-refractivity contribution is 5.85. The Bertz CT molecular complexity index is 486. The maximum Gasteiger partial charge on any atom is 0.408 e. The highest BCUT2D eigenvalue weighted by atomic mass is 16.6. The number of rotatable bonds is 4. The quantitative estimate of drug-likeness (QED) is 0.791. The molecule has 6 nitrogen and oxygen atoms in total. The molecule has 1 heterocycles. The van der Waals surface area contributed by atoms with E-state index in [4.69, 9.17) is 9.84 Å². The Morgan fingerprint density at radius 1 is 1.30 bits per heavy atom. The summed E-state index contributed by atoms with van der Waals surface area (Å²) in [6.07, 6.45) is -0.525. The number of aromatic carboxylic acids is 1. The van der Waals surface area contributed by atoms with E-state index in [1.54, 1.807) is 26.8 Å². The lowest BCUT2D eigenvalue weighted by atomic mass is 10.0. The highest BCUT2D eigenvalue weighted by Crippen LogP contribution is 2.22. The summed E-state index contributed by atoms with van der Waals surface area (Å²) in [6.45, 7) is 9.23. The number of H-pyrrole nitrogens is 1. The number of carbonyl (C=O) groups excluding carboxylic acids is 1. The first kappa shape index (κ1) is 16.1. The van der Waals surface area contributed by atoms with Crippen LogP contribution in [0.3, 0.4) is 0 Å². The average Bonchev–Trinajstić information content (AvgIpc) is 2.71. The number of nitrogens with one attached hydrogen (secondary N) is 2. The van der Waals surface area contributed by atoms with Gasteiger partial charge in [0.1, 0.15) is 11.3 Å². The Morgan fingerprint density at radius 3 is 2.30 bits per heavy atom. The zero-order chi connectivity index (χ0) is 15.5.